The van der Waals surface area contributed by atoms with Crippen molar-refractivity contribution >= 4 is 16.6 Å². The van der Waals surface area contributed by atoms with Gasteiger partial charge in [0, 0.05) is 31.9 Å². The van der Waals surface area contributed by atoms with Crippen LogP contribution in [-0.4, -0.2) is 37.0 Å². The molecule has 0 aliphatic rings. The summed E-state index contributed by atoms with van der Waals surface area (Å²) in [4.78, 5) is 14.5. The molecule has 20 heavy (non-hydrogen) atoms. The van der Waals surface area contributed by atoms with Gasteiger partial charge in [-0.1, -0.05) is 0 Å². The lowest BCUT2D eigenvalue weighted by molar-refractivity contribution is -0.383. The van der Waals surface area contributed by atoms with Crippen molar-refractivity contribution in [1.82, 2.24) is 4.98 Å². The first-order valence-corrected chi connectivity index (χ1v) is 5.88. The number of nitrogens with zero attached hydrogens (tertiary/aromatic N) is 2. The SMILES string of the molecule is COC(COc1ccc([N+](=O)[O-])c2ncccc12)OC. The molecule has 7 heteroatoms. The smallest absolute Gasteiger partial charge is 0.295 e. The molecule has 2 aromatic rings. The molecule has 2 rings (SSSR count). The van der Waals surface area contributed by atoms with Crippen LogP contribution in [0.25, 0.3) is 10.9 Å². The molecule has 0 aliphatic carbocycles. The maximum atomic E-state index is 11.0. The van der Waals surface area contributed by atoms with Crippen LogP contribution in [0.2, 0.25) is 0 Å². The van der Waals surface area contributed by atoms with Crippen molar-refractivity contribution in [1.29, 1.82) is 0 Å². The van der Waals surface area contributed by atoms with Crippen LogP contribution in [0.3, 0.4) is 0 Å². The number of methoxy groups -OCH3 is 2. The predicted molar refractivity (Wildman–Crippen MR) is 71.7 cm³/mol. The fourth-order valence-corrected chi connectivity index (χ4v) is 1.79. The lowest BCUT2D eigenvalue weighted by atomic mass is 10.1. The molecule has 0 saturated heterocycles. The van der Waals surface area contributed by atoms with Gasteiger partial charge in [0.15, 0.2) is 11.8 Å². The van der Waals surface area contributed by atoms with Crippen LogP contribution in [-0.2, 0) is 9.47 Å². The lowest BCUT2D eigenvalue weighted by Gasteiger charge is -2.15. The molecule has 0 unspecified atom stereocenters. The van der Waals surface area contributed by atoms with Gasteiger partial charge in [0.1, 0.15) is 12.4 Å². The third-order valence-electron chi connectivity index (χ3n) is 2.81. The van der Waals surface area contributed by atoms with Crippen molar-refractivity contribution < 1.29 is 19.1 Å². The molecule has 7 nitrogen and oxygen atoms in total. The zero-order chi connectivity index (χ0) is 14.5. The largest absolute Gasteiger partial charge is 0.488 e. The highest BCUT2D eigenvalue weighted by molar-refractivity contribution is 5.91. The van der Waals surface area contributed by atoms with Gasteiger partial charge in [-0.05, 0) is 18.2 Å². The molecule has 0 radical (unpaired) electrons. The van der Waals surface area contributed by atoms with E-state index in [1.54, 1.807) is 18.2 Å². The molecule has 0 bridgehead atoms. The standard InChI is InChI=1S/C13H14N2O5/c1-18-12(19-2)8-20-11-6-5-10(15(16)17)13-9(11)4-3-7-14-13/h3-7,12H,8H2,1-2H3. The second kappa shape index (κ2) is 6.27. The van der Waals surface area contributed by atoms with E-state index in [0.717, 1.165) is 0 Å². The highest BCUT2D eigenvalue weighted by Crippen LogP contribution is 2.31. The molecule has 0 spiro atoms. The van der Waals surface area contributed by atoms with Gasteiger partial charge in [-0.25, -0.2) is 4.98 Å². The summed E-state index contributed by atoms with van der Waals surface area (Å²) in [7, 11) is 3.01. The number of rotatable bonds is 6. The quantitative estimate of drug-likeness (QED) is 0.457. The van der Waals surface area contributed by atoms with E-state index in [1.807, 2.05) is 0 Å². The highest BCUT2D eigenvalue weighted by atomic mass is 16.7. The average molecular weight is 278 g/mol. The van der Waals surface area contributed by atoms with Gasteiger partial charge in [-0.2, -0.15) is 0 Å². The van der Waals surface area contributed by atoms with E-state index >= 15 is 0 Å². The third kappa shape index (κ3) is 2.84. The molecule has 0 atom stereocenters. The number of ether oxygens (including phenoxy) is 3. The summed E-state index contributed by atoms with van der Waals surface area (Å²) in [5, 5.41) is 11.5. The van der Waals surface area contributed by atoms with Crippen molar-refractivity contribution in [2.75, 3.05) is 20.8 Å². The maximum Gasteiger partial charge on any atom is 0.295 e. The van der Waals surface area contributed by atoms with Crippen molar-refractivity contribution in [2.24, 2.45) is 0 Å². The van der Waals surface area contributed by atoms with Crippen LogP contribution in [0, 0.1) is 10.1 Å². The van der Waals surface area contributed by atoms with E-state index in [4.69, 9.17) is 14.2 Å². The molecule has 0 N–H and O–H groups in total. The Morgan fingerprint density at radius 3 is 2.70 bits per heavy atom. The van der Waals surface area contributed by atoms with E-state index in [2.05, 4.69) is 4.98 Å². The van der Waals surface area contributed by atoms with Gasteiger partial charge < -0.3 is 14.2 Å². The Morgan fingerprint density at radius 1 is 1.30 bits per heavy atom. The minimum absolute atomic E-state index is 0.0528. The van der Waals surface area contributed by atoms with Gasteiger partial charge in [-0.15, -0.1) is 0 Å². The average Bonchev–Trinajstić information content (AvgIpc) is 2.47. The molecule has 0 fully saturated rings. The summed E-state index contributed by atoms with van der Waals surface area (Å²) in [5.41, 5.74) is 0.240. The van der Waals surface area contributed by atoms with E-state index < -0.39 is 11.2 Å². The fraction of sp³-hybridized carbons (Fsp3) is 0.308. The molecule has 1 heterocycles. The first kappa shape index (κ1) is 14.2. The summed E-state index contributed by atoms with van der Waals surface area (Å²) in [6.07, 6.45) is 1.00. The normalized spacial score (nSPS) is 10.9. The topological polar surface area (TPSA) is 83.7 Å². The maximum absolute atomic E-state index is 11.0. The molecule has 0 amide bonds. The van der Waals surface area contributed by atoms with Gasteiger partial charge >= 0.3 is 0 Å². The van der Waals surface area contributed by atoms with Crippen molar-refractivity contribution in [3.63, 3.8) is 0 Å². The van der Waals surface area contributed by atoms with E-state index in [0.29, 0.717) is 16.7 Å². The van der Waals surface area contributed by atoms with Gasteiger partial charge in [0.25, 0.3) is 5.69 Å². The molecule has 1 aromatic carbocycles. The predicted octanol–water partition coefficient (Wildman–Crippen LogP) is 2.14. The number of pyridine rings is 1. The van der Waals surface area contributed by atoms with Crippen LogP contribution in [0.5, 0.6) is 5.75 Å². The lowest BCUT2D eigenvalue weighted by Crippen LogP contribution is -2.22. The van der Waals surface area contributed by atoms with E-state index in [1.165, 1.54) is 26.5 Å². The second-order valence-electron chi connectivity index (χ2n) is 3.95. The van der Waals surface area contributed by atoms with E-state index in [9.17, 15) is 10.1 Å². The van der Waals surface area contributed by atoms with Crippen LogP contribution in [0.15, 0.2) is 30.5 Å². The number of hydrogen-bond donors (Lipinski definition) is 0. The van der Waals surface area contributed by atoms with Crippen molar-refractivity contribution in [2.45, 2.75) is 6.29 Å². The Morgan fingerprint density at radius 2 is 2.05 bits per heavy atom. The first-order valence-electron chi connectivity index (χ1n) is 5.88. The number of hydrogen-bond acceptors (Lipinski definition) is 6. The van der Waals surface area contributed by atoms with Crippen LogP contribution >= 0.6 is 0 Å². The van der Waals surface area contributed by atoms with Gasteiger partial charge in [-0.3, -0.25) is 10.1 Å². The summed E-state index contributed by atoms with van der Waals surface area (Å²) in [6, 6.07) is 6.34. The highest BCUT2D eigenvalue weighted by Gasteiger charge is 2.16. The Balaban J connectivity index is 2.36. The molecule has 0 aliphatic heterocycles. The van der Waals surface area contributed by atoms with Crippen LogP contribution < -0.4 is 4.74 Å². The Kier molecular flexibility index (Phi) is 4.44. The van der Waals surface area contributed by atoms with Crippen molar-refractivity contribution in [3.05, 3.63) is 40.6 Å². The number of nitro groups is 1. The Labute approximate surface area is 115 Å². The zero-order valence-electron chi connectivity index (χ0n) is 11.1. The Hall–Kier alpha value is -2.25. The monoisotopic (exact) mass is 278 g/mol. The van der Waals surface area contributed by atoms with Crippen molar-refractivity contribution in [3.8, 4) is 5.75 Å². The summed E-state index contributed by atoms with van der Waals surface area (Å²) in [5.74, 6) is 0.498. The molecule has 0 saturated carbocycles. The number of fused-ring (bicyclic) bond motifs is 1. The fourth-order valence-electron chi connectivity index (χ4n) is 1.79. The summed E-state index contributed by atoms with van der Waals surface area (Å²) < 4.78 is 15.6. The summed E-state index contributed by atoms with van der Waals surface area (Å²) >= 11 is 0. The molecular weight excluding hydrogens is 264 g/mol. The van der Waals surface area contributed by atoms with Gasteiger partial charge in [0.05, 0.1) is 4.92 Å². The zero-order valence-corrected chi connectivity index (χ0v) is 11.1. The third-order valence-corrected chi connectivity index (χ3v) is 2.81. The number of non-ortho nitro benzene ring substituents is 1. The number of benzene rings is 1. The number of aromatic nitrogens is 1. The second-order valence-corrected chi connectivity index (χ2v) is 3.95. The van der Waals surface area contributed by atoms with E-state index in [-0.39, 0.29) is 12.3 Å². The minimum atomic E-state index is -0.503. The number of nitro benzene ring substituents is 1. The minimum Gasteiger partial charge on any atom is -0.488 e. The summed E-state index contributed by atoms with van der Waals surface area (Å²) in [6.45, 7) is 0.175. The first-order chi connectivity index (χ1) is 9.67. The molecule has 106 valence electrons. The van der Waals surface area contributed by atoms with Gasteiger partial charge in [0.2, 0.25) is 0 Å². The molecule has 1 aromatic heterocycles. The Bertz CT molecular complexity index is 613. The van der Waals surface area contributed by atoms with Crippen LogP contribution in [0.1, 0.15) is 0 Å². The molecular formula is C13H14N2O5. The van der Waals surface area contributed by atoms with Crippen LogP contribution in [0.4, 0.5) is 5.69 Å².